The van der Waals surface area contributed by atoms with Crippen molar-refractivity contribution in [2.24, 2.45) is 0 Å². The van der Waals surface area contributed by atoms with Crippen LogP contribution in [0.5, 0.6) is 0 Å². The van der Waals surface area contributed by atoms with Gasteiger partial charge in [-0.05, 0) is 0 Å². The summed E-state index contributed by atoms with van der Waals surface area (Å²) in [6, 6.07) is 0. The molecule has 0 aromatic carbocycles. The summed E-state index contributed by atoms with van der Waals surface area (Å²) in [4.78, 5) is 53.2. The van der Waals surface area contributed by atoms with Crippen molar-refractivity contribution in [1.29, 1.82) is 0 Å². The smallest absolute Gasteiger partial charge is 0.361 e. The highest BCUT2D eigenvalue weighted by Crippen LogP contribution is 1.67. The number of hydrogen-bond acceptors (Lipinski definition) is 6. The minimum absolute atomic E-state index is 1.14. The SMILES string of the molecule is O=C(O)S.O=C(O)S.O=C(O)S.O=C(O)S.O=C(O)S.O=C(O)S. The predicted octanol–water partition coefficient (Wildman–Crippen LogP) is 3.57. The Hall–Kier alpha value is -1.08. The van der Waals surface area contributed by atoms with Gasteiger partial charge in [-0.1, -0.05) is 75.8 Å². The van der Waals surface area contributed by atoms with Crippen LogP contribution in [0.1, 0.15) is 0 Å². The van der Waals surface area contributed by atoms with Gasteiger partial charge in [-0.3, -0.25) is 0 Å². The Labute approximate surface area is 166 Å². The van der Waals surface area contributed by atoms with E-state index in [1.807, 2.05) is 0 Å². The van der Waals surface area contributed by atoms with Gasteiger partial charge in [0.25, 0.3) is 0 Å². The molecule has 0 spiro atoms. The minimum Gasteiger partial charge on any atom is -0.473 e. The second kappa shape index (κ2) is 33.5. The van der Waals surface area contributed by atoms with Crippen LogP contribution in [0, 0.1) is 0 Å². The van der Waals surface area contributed by atoms with Crippen LogP contribution >= 0.6 is 75.8 Å². The minimum atomic E-state index is -1.14. The van der Waals surface area contributed by atoms with Crippen LogP contribution in [0.4, 0.5) is 28.8 Å². The van der Waals surface area contributed by atoms with E-state index in [0.717, 1.165) is 0 Å². The second-order valence-corrected chi connectivity index (χ2v) is 3.99. The van der Waals surface area contributed by atoms with E-state index in [0.29, 0.717) is 0 Å². The van der Waals surface area contributed by atoms with Gasteiger partial charge in [0.05, 0.1) is 0 Å². The summed E-state index contributed by atoms with van der Waals surface area (Å²) in [6.07, 6.45) is 0. The summed E-state index contributed by atoms with van der Waals surface area (Å²) in [5.41, 5.74) is 0. The molecule has 0 heterocycles. The van der Waals surface area contributed by atoms with Gasteiger partial charge in [0.2, 0.25) is 0 Å². The quantitative estimate of drug-likeness (QED) is 0.229. The Morgan fingerprint density at radius 1 is 0.333 bits per heavy atom. The molecule has 0 rings (SSSR count). The van der Waals surface area contributed by atoms with Crippen molar-refractivity contribution in [3.05, 3.63) is 0 Å². The maximum absolute atomic E-state index is 8.86. The Balaban J connectivity index is -0.0000000405. The number of rotatable bonds is 0. The highest BCUT2D eigenvalue weighted by atomic mass is 32.1. The van der Waals surface area contributed by atoms with Crippen molar-refractivity contribution < 1.29 is 59.4 Å². The van der Waals surface area contributed by atoms with Gasteiger partial charge in [-0.25, -0.2) is 28.8 Å². The normalized spacial score (nSPS) is 6.25. The monoisotopic (exact) mass is 468 g/mol. The molecular weight excluding hydrogens is 456 g/mol. The van der Waals surface area contributed by atoms with E-state index < -0.39 is 31.8 Å². The van der Waals surface area contributed by atoms with E-state index in [1.54, 1.807) is 0 Å². The van der Waals surface area contributed by atoms with Crippen molar-refractivity contribution in [2.75, 3.05) is 0 Å². The van der Waals surface area contributed by atoms with Crippen LogP contribution in [-0.2, 0) is 0 Å². The molecule has 0 aliphatic rings. The van der Waals surface area contributed by atoms with Gasteiger partial charge >= 0.3 is 31.8 Å². The van der Waals surface area contributed by atoms with Gasteiger partial charge in [-0.2, -0.15) is 0 Å². The summed E-state index contributed by atoms with van der Waals surface area (Å²) >= 11 is 17.3. The standard InChI is InChI=1S/6CH2O2S/c6*2-1(3)4/h6*4H,(H,2,3). The van der Waals surface area contributed by atoms with Crippen LogP contribution in [-0.4, -0.2) is 62.4 Å². The predicted molar refractivity (Wildman–Crippen MR) is 102 cm³/mol. The molecule has 0 aliphatic carbocycles. The van der Waals surface area contributed by atoms with E-state index in [9.17, 15) is 0 Å². The van der Waals surface area contributed by atoms with E-state index in [1.165, 1.54) is 0 Å². The van der Waals surface area contributed by atoms with E-state index >= 15 is 0 Å². The molecule has 144 valence electrons. The zero-order valence-corrected chi connectivity index (χ0v) is 16.2. The van der Waals surface area contributed by atoms with Gasteiger partial charge in [0.1, 0.15) is 0 Å². The summed E-state index contributed by atoms with van der Waals surface area (Å²) < 4.78 is 0. The van der Waals surface area contributed by atoms with Crippen LogP contribution in [0.15, 0.2) is 0 Å². The lowest BCUT2D eigenvalue weighted by atomic mass is 11.6. The molecule has 24 heavy (non-hydrogen) atoms. The first-order valence-electron chi connectivity index (χ1n) is 3.91. The molecule has 6 N–H and O–H groups in total. The first-order valence-corrected chi connectivity index (χ1v) is 6.59. The molecule has 18 heteroatoms. The van der Waals surface area contributed by atoms with E-state index in [2.05, 4.69) is 75.8 Å². The molecule has 0 amide bonds. The topological polar surface area (TPSA) is 224 Å². The highest BCUT2D eigenvalue weighted by Gasteiger charge is 1.69. The lowest BCUT2D eigenvalue weighted by molar-refractivity contribution is 0.221. The fraction of sp³-hybridized carbons (Fsp3) is 0. The van der Waals surface area contributed by atoms with Crippen LogP contribution in [0.3, 0.4) is 0 Å². The molecular formula is C6H12O12S6. The second-order valence-electron chi connectivity index (χ2n) is 1.70. The summed E-state index contributed by atoms with van der Waals surface area (Å²) in [5.74, 6) is 0. The van der Waals surface area contributed by atoms with Gasteiger partial charge in [-0.15, -0.1) is 0 Å². The Bertz CT molecular complexity index is 267. The maximum atomic E-state index is 8.86. The zero-order chi connectivity index (χ0) is 21.5. The molecule has 0 bridgehead atoms. The number of hydrogen-bond donors (Lipinski definition) is 12. The molecule has 0 saturated carbocycles. The first kappa shape index (κ1) is 38.5. The molecule has 12 nitrogen and oxygen atoms in total. The molecule has 0 atom stereocenters. The molecule has 0 fully saturated rings. The highest BCUT2D eigenvalue weighted by molar-refractivity contribution is 7.97. The van der Waals surface area contributed by atoms with E-state index in [-0.39, 0.29) is 0 Å². The summed E-state index contributed by atoms with van der Waals surface area (Å²) in [5, 5.41) is 36.9. The van der Waals surface area contributed by atoms with Crippen molar-refractivity contribution in [1.82, 2.24) is 0 Å². The Morgan fingerprint density at radius 3 is 0.333 bits per heavy atom. The Kier molecular flexibility index (Phi) is 53.7. The van der Waals surface area contributed by atoms with Gasteiger partial charge < -0.3 is 30.6 Å². The number of carbonyl (C=O) groups is 6. The molecule has 0 unspecified atom stereocenters. The van der Waals surface area contributed by atoms with Gasteiger partial charge in [0, 0.05) is 0 Å². The average Bonchev–Trinajstić information content (AvgIpc) is 2.08. The van der Waals surface area contributed by atoms with Crippen molar-refractivity contribution in [2.45, 2.75) is 0 Å². The third kappa shape index (κ3) is 7120. The summed E-state index contributed by atoms with van der Waals surface area (Å²) in [7, 11) is 0. The van der Waals surface area contributed by atoms with Crippen LogP contribution in [0.25, 0.3) is 0 Å². The Morgan fingerprint density at radius 2 is 0.333 bits per heavy atom. The maximum Gasteiger partial charge on any atom is 0.361 e. The number of carboxylic acid groups (broad SMARTS) is 6. The molecule has 0 saturated heterocycles. The van der Waals surface area contributed by atoms with E-state index in [4.69, 9.17) is 59.4 Å². The molecule has 0 aromatic heterocycles. The van der Waals surface area contributed by atoms with Crippen LogP contribution < -0.4 is 0 Å². The van der Waals surface area contributed by atoms with Crippen molar-refractivity contribution in [3.63, 3.8) is 0 Å². The third-order valence-corrected chi connectivity index (χ3v) is 0. The largest absolute Gasteiger partial charge is 0.473 e. The molecule has 0 radical (unpaired) electrons. The molecule has 0 aromatic rings. The fourth-order valence-electron chi connectivity index (χ4n) is 0. The van der Waals surface area contributed by atoms with Crippen LogP contribution in [0.2, 0.25) is 0 Å². The van der Waals surface area contributed by atoms with Crippen molar-refractivity contribution >= 4 is 108 Å². The van der Waals surface area contributed by atoms with Crippen molar-refractivity contribution in [3.8, 4) is 0 Å². The lowest BCUT2D eigenvalue weighted by Crippen LogP contribution is -1.67. The third-order valence-electron chi connectivity index (χ3n) is 0. The first-order chi connectivity index (χ1) is 10.4. The van der Waals surface area contributed by atoms with Gasteiger partial charge in [0.15, 0.2) is 0 Å². The summed E-state index contributed by atoms with van der Waals surface area (Å²) in [6.45, 7) is 0. The average molecular weight is 469 g/mol. The lowest BCUT2D eigenvalue weighted by Gasteiger charge is -1.58. The fourth-order valence-corrected chi connectivity index (χ4v) is 0. The zero-order valence-electron chi connectivity index (χ0n) is 10.8. The molecule has 0 aliphatic heterocycles. The number of thiol groups is 6.